The van der Waals surface area contributed by atoms with Gasteiger partial charge in [0.1, 0.15) is 29.0 Å². The van der Waals surface area contributed by atoms with Crippen LogP contribution in [0.25, 0.3) is 0 Å². The minimum Gasteiger partial charge on any atom is -0.497 e. The van der Waals surface area contributed by atoms with Crippen LogP contribution >= 0.6 is 0 Å². The van der Waals surface area contributed by atoms with Crippen molar-refractivity contribution < 1.29 is 9.47 Å². The molecular weight excluding hydrogens is 340 g/mol. The second kappa shape index (κ2) is 8.40. The molecule has 0 atom stereocenters. The Morgan fingerprint density at radius 2 is 1.59 bits per heavy atom. The highest BCUT2D eigenvalue weighted by Crippen LogP contribution is 2.31. The molecule has 0 fully saturated rings. The largest absolute Gasteiger partial charge is 0.497 e. The van der Waals surface area contributed by atoms with Crippen LogP contribution in [-0.4, -0.2) is 24.2 Å². The molecule has 0 aliphatic rings. The molecule has 0 saturated heterocycles. The molecule has 140 valence electrons. The number of aryl methyl sites for hydroxylation is 2. The van der Waals surface area contributed by atoms with Gasteiger partial charge in [-0.05, 0) is 31.5 Å². The standard InChI is InChI=1S/C21H24N4O2/c1-14-5-7-16(8-6-14)13-22-20-12-21(24-15(2)23-20)25-18-11-17(26-3)9-10-19(18)27-4/h5-12H,13H2,1-4H3,(H2,22,23,24,25). The summed E-state index contributed by atoms with van der Waals surface area (Å²) in [5.74, 6) is 3.56. The van der Waals surface area contributed by atoms with E-state index < -0.39 is 0 Å². The number of hydrogen-bond acceptors (Lipinski definition) is 6. The smallest absolute Gasteiger partial charge is 0.142 e. The molecule has 0 aliphatic carbocycles. The maximum atomic E-state index is 5.42. The molecule has 27 heavy (non-hydrogen) atoms. The first-order valence-electron chi connectivity index (χ1n) is 8.71. The zero-order valence-electron chi connectivity index (χ0n) is 16.0. The van der Waals surface area contributed by atoms with Gasteiger partial charge in [0, 0.05) is 18.7 Å². The Bertz CT molecular complexity index is 911. The van der Waals surface area contributed by atoms with Crippen molar-refractivity contribution in [2.75, 3.05) is 24.9 Å². The molecule has 0 aliphatic heterocycles. The molecule has 0 unspecified atom stereocenters. The predicted octanol–water partition coefficient (Wildman–Crippen LogP) is 4.47. The number of methoxy groups -OCH3 is 2. The Balaban J connectivity index is 1.78. The van der Waals surface area contributed by atoms with E-state index in [0.717, 1.165) is 17.3 Å². The first kappa shape index (κ1) is 18.5. The second-order valence-electron chi connectivity index (χ2n) is 6.22. The van der Waals surface area contributed by atoms with Crippen LogP contribution in [0, 0.1) is 13.8 Å². The Kier molecular flexibility index (Phi) is 5.76. The van der Waals surface area contributed by atoms with Crippen molar-refractivity contribution >= 4 is 17.3 Å². The summed E-state index contributed by atoms with van der Waals surface area (Å²) in [6, 6.07) is 15.9. The fourth-order valence-electron chi connectivity index (χ4n) is 2.67. The molecule has 0 saturated carbocycles. The van der Waals surface area contributed by atoms with Crippen molar-refractivity contribution in [2.24, 2.45) is 0 Å². The minimum absolute atomic E-state index is 0.674. The highest BCUT2D eigenvalue weighted by Gasteiger charge is 2.08. The van der Waals surface area contributed by atoms with Gasteiger partial charge in [0.15, 0.2) is 0 Å². The van der Waals surface area contributed by atoms with Gasteiger partial charge in [-0.3, -0.25) is 0 Å². The lowest BCUT2D eigenvalue weighted by molar-refractivity contribution is 0.405. The number of anilines is 3. The van der Waals surface area contributed by atoms with Crippen LogP contribution in [0.15, 0.2) is 48.5 Å². The Morgan fingerprint density at radius 1 is 0.852 bits per heavy atom. The monoisotopic (exact) mass is 364 g/mol. The van der Waals surface area contributed by atoms with Gasteiger partial charge in [-0.15, -0.1) is 0 Å². The Hall–Kier alpha value is -3.28. The number of aromatic nitrogens is 2. The third kappa shape index (κ3) is 4.88. The predicted molar refractivity (Wildman–Crippen MR) is 108 cm³/mol. The Labute approximate surface area is 159 Å². The van der Waals surface area contributed by atoms with Crippen molar-refractivity contribution in [1.29, 1.82) is 0 Å². The van der Waals surface area contributed by atoms with E-state index in [9.17, 15) is 0 Å². The maximum Gasteiger partial charge on any atom is 0.142 e. The first-order chi connectivity index (χ1) is 13.1. The zero-order valence-corrected chi connectivity index (χ0v) is 16.0. The van der Waals surface area contributed by atoms with E-state index >= 15 is 0 Å². The van der Waals surface area contributed by atoms with E-state index in [0.29, 0.717) is 23.9 Å². The quantitative estimate of drug-likeness (QED) is 0.645. The lowest BCUT2D eigenvalue weighted by Gasteiger charge is -2.14. The van der Waals surface area contributed by atoms with E-state index in [1.165, 1.54) is 11.1 Å². The lowest BCUT2D eigenvalue weighted by atomic mass is 10.1. The highest BCUT2D eigenvalue weighted by molar-refractivity contribution is 5.67. The molecule has 0 spiro atoms. The number of nitrogens with zero attached hydrogens (tertiary/aromatic N) is 2. The molecule has 1 aromatic heterocycles. The summed E-state index contributed by atoms with van der Waals surface area (Å²) in [7, 11) is 3.26. The fourth-order valence-corrected chi connectivity index (χ4v) is 2.67. The summed E-state index contributed by atoms with van der Waals surface area (Å²) in [4.78, 5) is 8.93. The van der Waals surface area contributed by atoms with Crippen LogP contribution in [0.3, 0.4) is 0 Å². The number of rotatable bonds is 7. The highest BCUT2D eigenvalue weighted by atomic mass is 16.5. The molecule has 6 heteroatoms. The third-order valence-corrected chi connectivity index (χ3v) is 4.10. The van der Waals surface area contributed by atoms with Crippen LogP contribution in [0.2, 0.25) is 0 Å². The van der Waals surface area contributed by atoms with E-state index in [1.54, 1.807) is 14.2 Å². The maximum absolute atomic E-state index is 5.42. The molecule has 0 amide bonds. The molecule has 2 N–H and O–H groups in total. The van der Waals surface area contributed by atoms with E-state index in [4.69, 9.17) is 9.47 Å². The summed E-state index contributed by atoms with van der Waals surface area (Å²) in [5, 5.41) is 6.64. The van der Waals surface area contributed by atoms with Gasteiger partial charge in [0.05, 0.1) is 19.9 Å². The van der Waals surface area contributed by atoms with Gasteiger partial charge in [-0.2, -0.15) is 0 Å². The normalized spacial score (nSPS) is 10.4. The minimum atomic E-state index is 0.674. The summed E-state index contributed by atoms with van der Waals surface area (Å²) in [6.45, 7) is 4.64. The molecule has 3 rings (SSSR count). The van der Waals surface area contributed by atoms with Gasteiger partial charge in [0.2, 0.25) is 0 Å². The number of benzene rings is 2. The first-order valence-corrected chi connectivity index (χ1v) is 8.71. The zero-order chi connectivity index (χ0) is 19.2. The third-order valence-electron chi connectivity index (χ3n) is 4.10. The molecule has 0 radical (unpaired) electrons. The molecule has 0 bridgehead atoms. The number of hydrogen-bond donors (Lipinski definition) is 2. The molecule has 2 aromatic carbocycles. The molecule has 3 aromatic rings. The van der Waals surface area contributed by atoms with Crippen LogP contribution in [0.4, 0.5) is 17.3 Å². The topological polar surface area (TPSA) is 68.3 Å². The lowest BCUT2D eigenvalue weighted by Crippen LogP contribution is -2.05. The van der Waals surface area contributed by atoms with Gasteiger partial charge in [0.25, 0.3) is 0 Å². The number of nitrogens with one attached hydrogen (secondary N) is 2. The number of ether oxygens (including phenoxy) is 2. The van der Waals surface area contributed by atoms with E-state index in [2.05, 4.69) is 51.8 Å². The summed E-state index contributed by atoms with van der Waals surface area (Å²) in [6.07, 6.45) is 0. The van der Waals surface area contributed by atoms with Crippen LogP contribution in [-0.2, 0) is 6.54 Å². The Morgan fingerprint density at radius 3 is 2.30 bits per heavy atom. The second-order valence-corrected chi connectivity index (χ2v) is 6.22. The van der Waals surface area contributed by atoms with Crippen LogP contribution in [0.5, 0.6) is 11.5 Å². The summed E-state index contributed by atoms with van der Waals surface area (Å²) < 4.78 is 10.7. The van der Waals surface area contributed by atoms with Crippen LogP contribution in [0.1, 0.15) is 17.0 Å². The fraction of sp³-hybridized carbons (Fsp3) is 0.238. The van der Waals surface area contributed by atoms with Crippen molar-refractivity contribution in [1.82, 2.24) is 9.97 Å². The average Bonchev–Trinajstić information content (AvgIpc) is 2.67. The summed E-state index contributed by atoms with van der Waals surface area (Å²) in [5.41, 5.74) is 3.22. The van der Waals surface area contributed by atoms with Gasteiger partial charge in [-0.25, -0.2) is 9.97 Å². The van der Waals surface area contributed by atoms with Crippen molar-refractivity contribution in [3.05, 3.63) is 65.5 Å². The molecular formula is C21H24N4O2. The van der Waals surface area contributed by atoms with E-state index in [-0.39, 0.29) is 0 Å². The van der Waals surface area contributed by atoms with Gasteiger partial charge < -0.3 is 20.1 Å². The van der Waals surface area contributed by atoms with Crippen molar-refractivity contribution in [3.8, 4) is 11.5 Å². The van der Waals surface area contributed by atoms with Crippen molar-refractivity contribution in [2.45, 2.75) is 20.4 Å². The van der Waals surface area contributed by atoms with E-state index in [1.807, 2.05) is 31.2 Å². The summed E-state index contributed by atoms with van der Waals surface area (Å²) >= 11 is 0. The average molecular weight is 364 g/mol. The van der Waals surface area contributed by atoms with Crippen LogP contribution < -0.4 is 20.1 Å². The molecule has 6 nitrogen and oxygen atoms in total. The molecule has 1 heterocycles. The SMILES string of the molecule is COc1ccc(OC)c(Nc2cc(NCc3ccc(C)cc3)nc(C)n2)c1. The van der Waals surface area contributed by atoms with Crippen molar-refractivity contribution in [3.63, 3.8) is 0 Å². The van der Waals surface area contributed by atoms with Gasteiger partial charge in [-0.1, -0.05) is 29.8 Å². The van der Waals surface area contributed by atoms with Gasteiger partial charge >= 0.3 is 0 Å².